The zero-order chi connectivity index (χ0) is 20.2. The van der Waals surface area contributed by atoms with E-state index in [1.165, 1.54) is 17.8 Å². The van der Waals surface area contributed by atoms with Gasteiger partial charge in [0.2, 0.25) is 0 Å². The van der Waals surface area contributed by atoms with Crippen LogP contribution in [0.4, 0.5) is 5.69 Å². The van der Waals surface area contributed by atoms with Crippen LogP contribution >= 0.6 is 11.8 Å². The second-order valence-corrected chi connectivity index (χ2v) is 7.63. The lowest BCUT2D eigenvalue weighted by Gasteiger charge is -2.13. The van der Waals surface area contributed by atoms with E-state index in [0.29, 0.717) is 17.5 Å². The number of rotatable bonds is 7. The number of benzene rings is 1. The van der Waals surface area contributed by atoms with Crippen LogP contribution in [0.25, 0.3) is 11.4 Å². The predicted octanol–water partition coefficient (Wildman–Crippen LogP) is 4.74. The Balaban J connectivity index is 1.67. The number of pyridine rings is 1. The molecule has 3 aromatic heterocycles. The van der Waals surface area contributed by atoms with Crippen molar-refractivity contribution in [1.82, 2.24) is 19.7 Å². The first kappa shape index (κ1) is 18.9. The normalized spacial score (nSPS) is 12.0. The average Bonchev–Trinajstić information content (AvgIpc) is 3.39. The number of furan rings is 1. The number of aromatic nitrogens is 4. The van der Waals surface area contributed by atoms with Gasteiger partial charge in [-0.05, 0) is 36.8 Å². The van der Waals surface area contributed by atoms with E-state index in [-0.39, 0.29) is 15.9 Å². The fourth-order valence-corrected chi connectivity index (χ4v) is 3.87. The lowest BCUT2D eigenvalue weighted by molar-refractivity contribution is -0.384. The molecule has 0 aliphatic heterocycles. The van der Waals surface area contributed by atoms with Crippen molar-refractivity contribution in [3.63, 3.8) is 0 Å². The first-order valence-electron chi connectivity index (χ1n) is 8.89. The molecule has 1 atom stereocenters. The van der Waals surface area contributed by atoms with Gasteiger partial charge in [0.25, 0.3) is 5.69 Å². The first-order chi connectivity index (χ1) is 14.1. The van der Waals surface area contributed by atoms with E-state index in [9.17, 15) is 10.1 Å². The molecule has 0 fully saturated rings. The van der Waals surface area contributed by atoms with Crippen molar-refractivity contribution in [3.8, 4) is 11.4 Å². The highest BCUT2D eigenvalue weighted by atomic mass is 32.2. The van der Waals surface area contributed by atoms with Crippen molar-refractivity contribution in [2.75, 3.05) is 0 Å². The molecule has 0 aliphatic carbocycles. The smallest absolute Gasteiger partial charge is 0.269 e. The van der Waals surface area contributed by atoms with Gasteiger partial charge in [-0.1, -0.05) is 23.9 Å². The molecule has 4 aromatic rings. The summed E-state index contributed by atoms with van der Waals surface area (Å²) in [6.07, 6.45) is 5.07. The maximum Gasteiger partial charge on any atom is 0.269 e. The van der Waals surface area contributed by atoms with E-state index >= 15 is 0 Å². The van der Waals surface area contributed by atoms with Gasteiger partial charge < -0.3 is 4.42 Å². The zero-order valence-electron chi connectivity index (χ0n) is 15.5. The third-order valence-corrected chi connectivity index (χ3v) is 5.50. The lowest BCUT2D eigenvalue weighted by atomic mass is 10.1. The van der Waals surface area contributed by atoms with E-state index in [4.69, 9.17) is 4.42 Å². The molecule has 0 saturated carbocycles. The van der Waals surface area contributed by atoms with Gasteiger partial charge in [-0.3, -0.25) is 19.7 Å². The van der Waals surface area contributed by atoms with Gasteiger partial charge in [0.1, 0.15) is 5.76 Å². The Labute approximate surface area is 170 Å². The topological polar surface area (TPSA) is 99.9 Å². The number of nitrogens with zero attached hydrogens (tertiary/aromatic N) is 5. The number of hydrogen-bond acceptors (Lipinski definition) is 7. The quantitative estimate of drug-likeness (QED) is 0.248. The Hall–Kier alpha value is -3.46. The van der Waals surface area contributed by atoms with Crippen molar-refractivity contribution < 1.29 is 9.34 Å². The number of nitro groups is 1. The molecule has 0 aliphatic rings. The van der Waals surface area contributed by atoms with Gasteiger partial charge in [0.15, 0.2) is 11.0 Å². The first-order valence-corrected chi connectivity index (χ1v) is 9.77. The molecule has 1 aromatic carbocycles. The maximum atomic E-state index is 11.1. The lowest BCUT2D eigenvalue weighted by Crippen LogP contribution is -2.04. The molecule has 0 bridgehead atoms. The minimum Gasteiger partial charge on any atom is -0.467 e. The summed E-state index contributed by atoms with van der Waals surface area (Å²) >= 11 is 1.49. The van der Waals surface area contributed by atoms with Crippen LogP contribution in [0.1, 0.15) is 23.5 Å². The Bertz CT molecular complexity index is 1110. The number of hydrogen-bond donors (Lipinski definition) is 0. The molecule has 0 N–H and O–H groups in total. The molecule has 0 unspecified atom stereocenters. The Morgan fingerprint density at radius 2 is 2.10 bits per heavy atom. The van der Waals surface area contributed by atoms with Crippen molar-refractivity contribution in [1.29, 1.82) is 0 Å². The SMILES string of the molecule is C[C@@H](Sc1nnc(-c2cccnc2)n1Cc1ccco1)c1cccc([N+](=O)[O-])c1. The molecule has 29 heavy (non-hydrogen) atoms. The van der Waals surface area contributed by atoms with Crippen molar-refractivity contribution in [3.05, 3.63) is 88.6 Å². The summed E-state index contributed by atoms with van der Waals surface area (Å²) in [5.41, 5.74) is 1.77. The van der Waals surface area contributed by atoms with Crippen LogP contribution in [-0.4, -0.2) is 24.7 Å². The van der Waals surface area contributed by atoms with Crippen LogP contribution in [0.15, 0.2) is 76.8 Å². The van der Waals surface area contributed by atoms with Crippen LogP contribution in [0.2, 0.25) is 0 Å². The maximum absolute atomic E-state index is 11.1. The van der Waals surface area contributed by atoms with Gasteiger partial charge in [0.05, 0.1) is 17.7 Å². The number of nitro benzene ring substituents is 1. The Morgan fingerprint density at radius 1 is 1.21 bits per heavy atom. The van der Waals surface area contributed by atoms with Gasteiger partial charge in [-0.25, -0.2) is 0 Å². The monoisotopic (exact) mass is 407 g/mol. The second-order valence-electron chi connectivity index (χ2n) is 6.33. The molecule has 4 rings (SSSR count). The highest BCUT2D eigenvalue weighted by Gasteiger charge is 2.20. The van der Waals surface area contributed by atoms with Gasteiger partial charge >= 0.3 is 0 Å². The third kappa shape index (κ3) is 4.19. The molecular weight excluding hydrogens is 390 g/mol. The molecule has 0 spiro atoms. The summed E-state index contributed by atoms with van der Waals surface area (Å²) in [7, 11) is 0. The van der Waals surface area contributed by atoms with E-state index in [2.05, 4.69) is 15.2 Å². The van der Waals surface area contributed by atoms with Gasteiger partial charge in [-0.15, -0.1) is 10.2 Å². The van der Waals surface area contributed by atoms with Crippen LogP contribution < -0.4 is 0 Å². The highest BCUT2D eigenvalue weighted by molar-refractivity contribution is 7.99. The van der Waals surface area contributed by atoms with Gasteiger partial charge in [-0.2, -0.15) is 0 Å². The molecule has 8 nitrogen and oxygen atoms in total. The Morgan fingerprint density at radius 3 is 2.83 bits per heavy atom. The van der Waals surface area contributed by atoms with E-state index in [0.717, 1.165) is 16.9 Å². The number of non-ortho nitro benzene ring substituents is 1. The van der Waals surface area contributed by atoms with Crippen LogP contribution in [0.3, 0.4) is 0 Å². The molecular formula is C20H17N5O3S. The van der Waals surface area contributed by atoms with Crippen LogP contribution in [-0.2, 0) is 6.54 Å². The van der Waals surface area contributed by atoms with E-state index in [1.807, 2.05) is 41.8 Å². The molecule has 0 saturated heterocycles. The fraction of sp³-hybridized carbons (Fsp3) is 0.150. The number of thioether (sulfide) groups is 1. The standard InChI is InChI=1S/C20H17N5O3S/c1-14(15-5-2-7-17(11-15)25(26)27)29-20-23-22-19(16-6-3-9-21-12-16)24(20)13-18-8-4-10-28-18/h2-12,14H,13H2,1H3/t14-/m1/s1. The Kier molecular flexibility index (Phi) is 5.39. The van der Waals surface area contributed by atoms with Crippen molar-refractivity contribution in [2.45, 2.75) is 23.9 Å². The minimum absolute atomic E-state index is 0.0591. The molecule has 146 valence electrons. The van der Waals surface area contributed by atoms with Crippen molar-refractivity contribution in [2.24, 2.45) is 0 Å². The molecule has 3 heterocycles. The average molecular weight is 407 g/mol. The second kappa shape index (κ2) is 8.27. The molecule has 9 heteroatoms. The van der Waals surface area contributed by atoms with E-state index in [1.54, 1.807) is 30.8 Å². The van der Waals surface area contributed by atoms with Crippen molar-refractivity contribution >= 4 is 17.4 Å². The van der Waals surface area contributed by atoms with Gasteiger partial charge in [0, 0.05) is 35.3 Å². The molecule has 0 amide bonds. The van der Waals surface area contributed by atoms with Crippen LogP contribution in [0, 0.1) is 10.1 Å². The third-order valence-electron chi connectivity index (χ3n) is 4.36. The summed E-state index contributed by atoms with van der Waals surface area (Å²) < 4.78 is 7.47. The van der Waals surface area contributed by atoms with Crippen LogP contribution in [0.5, 0.6) is 0 Å². The summed E-state index contributed by atoms with van der Waals surface area (Å²) in [6.45, 7) is 2.45. The summed E-state index contributed by atoms with van der Waals surface area (Å²) in [5, 5.41) is 20.4. The largest absolute Gasteiger partial charge is 0.467 e. The summed E-state index contributed by atoms with van der Waals surface area (Å²) in [5.74, 6) is 1.46. The highest BCUT2D eigenvalue weighted by Crippen LogP contribution is 2.36. The fourth-order valence-electron chi connectivity index (χ4n) is 2.90. The zero-order valence-corrected chi connectivity index (χ0v) is 16.3. The van der Waals surface area contributed by atoms with E-state index < -0.39 is 0 Å². The molecule has 0 radical (unpaired) electrons. The minimum atomic E-state index is -0.388. The summed E-state index contributed by atoms with van der Waals surface area (Å²) in [6, 6.07) is 14.1. The predicted molar refractivity (Wildman–Crippen MR) is 108 cm³/mol. The summed E-state index contributed by atoms with van der Waals surface area (Å²) in [4.78, 5) is 14.9.